The monoisotopic (exact) mass is 348 g/mol. The van der Waals surface area contributed by atoms with Gasteiger partial charge in [0.2, 0.25) is 0 Å². The minimum Gasteiger partial charge on any atom is -0.481 e. The van der Waals surface area contributed by atoms with Gasteiger partial charge in [-0.15, -0.1) is 0 Å². The normalized spacial score (nSPS) is 21.3. The second-order valence-corrected chi connectivity index (χ2v) is 6.79. The highest BCUT2D eigenvalue weighted by Gasteiger charge is 2.23. The largest absolute Gasteiger partial charge is 0.481 e. The Morgan fingerprint density at radius 2 is 1.88 bits per heavy atom. The van der Waals surface area contributed by atoms with Gasteiger partial charge in [0, 0.05) is 24.9 Å². The van der Waals surface area contributed by atoms with Crippen LogP contribution in [0.3, 0.4) is 0 Å². The fraction of sp³-hybridized carbons (Fsp3) is 0.579. The maximum atomic E-state index is 12.2. The summed E-state index contributed by atoms with van der Waals surface area (Å²) in [5.41, 5.74) is 1.06. The van der Waals surface area contributed by atoms with Crippen LogP contribution in [0.4, 0.5) is 4.79 Å². The van der Waals surface area contributed by atoms with Crippen LogP contribution in [0.2, 0.25) is 0 Å². The highest BCUT2D eigenvalue weighted by Crippen LogP contribution is 2.23. The molecule has 1 fully saturated rings. The zero-order valence-electron chi connectivity index (χ0n) is 14.5. The number of amides is 2. The lowest BCUT2D eigenvalue weighted by atomic mass is 9.86. The van der Waals surface area contributed by atoms with Crippen LogP contribution in [0.5, 0.6) is 0 Å². The molecule has 0 spiro atoms. The minimum absolute atomic E-state index is 0.0130. The Morgan fingerprint density at radius 3 is 2.56 bits per heavy atom. The van der Waals surface area contributed by atoms with E-state index >= 15 is 0 Å². The molecule has 25 heavy (non-hydrogen) atoms. The van der Waals surface area contributed by atoms with E-state index in [2.05, 4.69) is 10.6 Å². The summed E-state index contributed by atoms with van der Waals surface area (Å²) in [6.07, 6.45) is 4.48. The number of aliphatic carboxylic acids is 1. The predicted octanol–water partition coefficient (Wildman–Crippen LogP) is 2.31. The highest BCUT2D eigenvalue weighted by molar-refractivity contribution is 5.74. The van der Waals surface area contributed by atoms with E-state index in [1.807, 2.05) is 30.3 Å². The molecule has 0 bridgehead atoms. The van der Waals surface area contributed by atoms with Gasteiger partial charge in [-0.1, -0.05) is 43.2 Å². The molecule has 3 unspecified atom stereocenters. The Hall–Kier alpha value is -2.08. The van der Waals surface area contributed by atoms with Crippen molar-refractivity contribution in [3.8, 4) is 0 Å². The summed E-state index contributed by atoms with van der Waals surface area (Å²) in [6, 6.07) is 9.16. The van der Waals surface area contributed by atoms with Crippen LogP contribution in [0.15, 0.2) is 30.3 Å². The molecule has 0 saturated heterocycles. The Balaban J connectivity index is 1.83. The molecule has 6 nitrogen and oxygen atoms in total. The molecular weight excluding hydrogens is 320 g/mol. The lowest BCUT2D eigenvalue weighted by Gasteiger charge is -2.28. The number of hydrogen-bond donors (Lipinski definition) is 4. The molecule has 0 aromatic heterocycles. The maximum absolute atomic E-state index is 12.2. The summed E-state index contributed by atoms with van der Waals surface area (Å²) in [7, 11) is 0. The van der Waals surface area contributed by atoms with Gasteiger partial charge < -0.3 is 20.8 Å². The van der Waals surface area contributed by atoms with Gasteiger partial charge >= 0.3 is 12.0 Å². The summed E-state index contributed by atoms with van der Waals surface area (Å²) in [6.45, 7) is 0.448. The lowest BCUT2D eigenvalue weighted by Crippen LogP contribution is -2.46. The molecule has 0 radical (unpaired) electrons. The molecule has 3 atom stereocenters. The van der Waals surface area contributed by atoms with Crippen LogP contribution >= 0.6 is 0 Å². The van der Waals surface area contributed by atoms with E-state index in [1.54, 1.807) is 0 Å². The number of hydrogen-bond acceptors (Lipinski definition) is 3. The number of urea groups is 1. The number of carbonyl (C=O) groups is 2. The van der Waals surface area contributed by atoms with Gasteiger partial charge in [-0.05, 0) is 31.2 Å². The van der Waals surface area contributed by atoms with Crippen LogP contribution < -0.4 is 10.6 Å². The number of carboxylic acid groups (broad SMARTS) is 1. The number of rotatable bonds is 8. The van der Waals surface area contributed by atoms with Gasteiger partial charge in [-0.2, -0.15) is 0 Å². The van der Waals surface area contributed by atoms with Crippen molar-refractivity contribution < 1.29 is 19.8 Å². The fourth-order valence-corrected chi connectivity index (χ4v) is 3.31. The third-order valence-electron chi connectivity index (χ3n) is 4.76. The van der Waals surface area contributed by atoms with Crippen molar-refractivity contribution in [2.45, 2.75) is 57.1 Å². The van der Waals surface area contributed by atoms with Gasteiger partial charge in [0.1, 0.15) is 0 Å². The number of nitrogens with one attached hydrogen (secondary N) is 2. The number of aliphatic hydroxyl groups excluding tert-OH is 1. The van der Waals surface area contributed by atoms with Crippen molar-refractivity contribution in [1.29, 1.82) is 0 Å². The molecule has 1 aromatic rings. The van der Waals surface area contributed by atoms with Crippen molar-refractivity contribution in [3.63, 3.8) is 0 Å². The summed E-state index contributed by atoms with van der Waals surface area (Å²) in [5.74, 6) is -0.767. The number of carbonyl (C=O) groups excluding carboxylic acids is 1. The summed E-state index contributed by atoms with van der Waals surface area (Å²) in [4.78, 5) is 23.0. The maximum Gasteiger partial charge on any atom is 0.315 e. The van der Waals surface area contributed by atoms with E-state index < -0.39 is 5.97 Å². The van der Waals surface area contributed by atoms with Crippen molar-refractivity contribution in [1.82, 2.24) is 10.6 Å². The minimum atomic E-state index is -0.870. The smallest absolute Gasteiger partial charge is 0.315 e. The van der Waals surface area contributed by atoms with E-state index in [9.17, 15) is 14.7 Å². The van der Waals surface area contributed by atoms with E-state index in [0.717, 1.165) is 31.2 Å². The molecule has 2 amide bonds. The molecule has 1 aliphatic carbocycles. The predicted molar refractivity (Wildman–Crippen MR) is 95.3 cm³/mol. The van der Waals surface area contributed by atoms with Gasteiger partial charge in [0.05, 0.1) is 6.10 Å². The fourth-order valence-electron chi connectivity index (χ4n) is 3.31. The van der Waals surface area contributed by atoms with Crippen LogP contribution in [0.25, 0.3) is 0 Å². The molecular formula is C19H28N2O4. The molecule has 1 aromatic carbocycles. The Labute approximate surface area is 148 Å². The Kier molecular flexibility index (Phi) is 7.73. The molecule has 6 heteroatoms. The topological polar surface area (TPSA) is 98.7 Å². The Bertz CT molecular complexity index is 550. The molecule has 1 aliphatic rings. The first-order valence-corrected chi connectivity index (χ1v) is 9.02. The van der Waals surface area contributed by atoms with Gasteiger partial charge in [0.25, 0.3) is 0 Å². The number of carboxylic acids is 1. The van der Waals surface area contributed by atoms with Gasteiger partial charge in [-0.25, -0.2) is 4.79 Å². The van der Waals surface area contributed by atoms with E-state index in [1.165, 1.54) is 0 Å². The molecule has 4 N–H and O–H groups in total. The lowest BCUT2D eigenvalue weighted by molar-refractivity contribution is -0.137. The first-order valence-electron chi connectivity index (χ1n) is 9.02. The summed E-state index contributed by atoms with van der Waals surface area (Å²) < 4.78 is 0. The average molecular weight is 348 g/mol. The first-order chi connectivity index (χ1) is 12.0. The van der Waals surface area contributed by atoms with E-state index in [-0.39, 0.29) is 30.5 Å². The van der Waals surface area contributed by atoms with E-state index in [4.69, 9.17) is 5.11 Å². The first kappa shape index (κ1) is 19.2. The zero-order chi connectivity index (χ0) is 18.1. The van der Waals surface area contributed by atoms with Crippen LogP contribution in [0.1, 0.15) is 44.1 Å². The standard InChI is InChI=1S/C19H28N2O4/c22-17-9-5-4-8-15(17)13-20-19(25)21-16(10-11-18(23)24)12-14-6-2-1-3-7-14/h1-3,6-7,15-17,22H,4-5,8-13H2,(H,23,24)(H2,20,21,25). The van der Waals surface area contributed by atoms with E-state index in [0.29, 0.717) is 19.4 Å². The quantitative estimate of drug-likeness (QED) is 0.579. The molecule has 138 valence electrons. The third-order valence-corrected chi connectivity index (χ3v) is 4.76. The molecule has 2 rings (SSSR count). The summed E-state index contributed by atoms with van der Waals surface area (Å²) in [5, 5.41) is 24.6. The third kappa shape index (κ3) is 7.13. The Morgan fingerprint density at radius 1 is 1.16 bits per heavy atom. The van der Waals surface area contributed by atoms with Crippen LogP contribution in [-0.2, 0) is 11.2 Å². The number of benzene rings is 1. The molecule has 0 aliphatic heterocycles. The average Bonchev–Trinajstić information content (AvgIpc) is 2.60. The van der Waals surface area contributed by atoms with Crippen molar-refractivity contribution in [2.24, 2.45) is 5.92 Å². The van der Waals surface area contributed by atoms with Crippen molar-refractivity contribution in [3.05, 3.63) is 35.9 Å². The van der Waals surface area contributed by atoms with Crippen LogP contribution in [0, 0.1) is 5.92 Å². The van der Waals surface area contributed by atoms with Gasteiger partial charge in [-0.3, -0.25) is 4.79 Å². The second-order valence-electron chi connectivity index (χ2n) is 6.79. The van der Waals surface area contributed by atoms with Crippen molar-refractivity contribution in [2.75, 3.05) is 6.54 Å². The SMILES string of the molecule is O=C(O)CCC(Cc1ccccc1)NC(=O)NCC1CCCCC1O. The second kappa shape index (κ2) is 10.0. The van der Waals surface area contributed by atoms with Crippen molar-refractivity contribution >= 4 is 12.0 Å². The molecule has 0 heterocycles. The van der Waals surface area contributed by atoms with Gasteiger partial charge in [0.15, 0.2) is 0 Å². The zero-order valence-corrected chi connectivity index (χ0v) is 14.5. The molecule has 1 saturated carbocycles. The highest BCUT2D eigenvalue weighted by atomic mass is 16.4. The number of aliphatic hydroxyl groups is 1. The van der Waals surface area contributed by atoms with Crippen LogP contribution in [-0.4, -0.2) is 40.9 Å². The summed E-state index contributed by atoms with van der Waals surface area (Å²) >= 11 is 0.